The Labute approximate surface area is 157 Å². The van der Waals surface area contributed by atoms with Crippen molar-refractivity contribution in [3.05, 3.63) is 53.6 Å². The lowest BCUT2D eigenvalue weighted by atomic mass is 9.98. The first-order chi connectivity index (χ1) is 13.1. The molecule has 4 rings (SSSR count). The van der Waals surface area contributed by atoms with Gasteiger partial charge in [0.15, 0.2) is 11.5 Å². The molecule has 0 aliphatic carbocycles. The first kappa shape index (κ1) is 17.4. The Morgan fingerprint density at radius 2 is 1.93 bits per heavy atom. The van der Waals surface area contributed by atoms with Crippen LogP contribution in [0.3, 0.4) is 0 Å². The van der Waals surface area contributed by atoms with E-state index in [1.807, 2.05) is 42.5 Å². The van der Waals surface area contributed by atoms with Crippen LogP contribution in [0.1, 0.15) is 17.5 Å². The molecular weight excluding hydrogens is 346 g/mol. The lowest BCUT2D eigenvalue weighted by Crippen LogP contribution is -2.33. The van der Waals surface area contributed by atoms with Gasteiger partial charge in [0.05, 0.1) is 13.0 Å². The Morgan fingerprint density at radius 3 is 2.78 bits per heavy atom. The fraction of sp³-hybridized carbons (Fsp3) is 0.333. The number of rotatable bonds is 6. The molecule has 0 bridgehead atoms. The Hall–Kier alpha value is -3.02. The Bertz CT molecular complexity index is 879. The van der Waals surface area contributed by atoms with Crippen LogP contribution < -0.4 is 14.2 Å². The van der Waals surface area contributed by atoms with Crippen molar-refractivity contribution in [3.63, 3.8) is 0 Å². The molecule has 6 nitrogen and oxygen atoms in total. The summed E-state index contributed by atoms with van der Waals surface area (Å²) in [4.78, 5) is 26.4. The predicted octanol–water partition coefficient (Wildman–Crippen LogP) is 2.58. The number of ether oxygens (including phenoxy) is 3. The number of methoxy groups -OCH3 is 1. The number of carbonyl (C=O) groups is 2. The summed E-state index contributed by atoms with van der Waals surface area (Å²) in [5.74, 6) is 1.69. The van der Waals surface area contributed by atoms with E-state index in [0.29, 0.717) is 25.1 Å². The lowest BCUT2D eigenvalue weighted by molar-refractivity contribution is -0.139. The van der Waals surface area contributed by atoms with Gasteiger partial charge < -0.3 is 14.2 Å². The normalized spacial score (nSPS) is 18.3. The minimum atomic E-state index is -0.304. The van der Waals surface area contributed by atoms with Crippen molar-refractivity contribution in [2.75, 3.05) is 20.4 Å². The van der Waals surface area contributed by atoms with Crippen molar-refractivity contribution in [2.45, 2.75) is 19.3 Å². The van der Waals surface area contributed by atoms with Crippen molar-refractivity contribution in [3.8, 4) is 17.2 Å². The SMILES string of the molecule is COc1cccc(C[C@@H]2CC(=O)N(CCc3ccc4c(c3)OCO4)C2=O)c1. The molecule has 0 radical (unpaired) electrons. The van der Waals surface area contributed by atoms with Crippen LogP contribution in [0.5, 0.6) is 17.2 Å². The molecule has 2 aliphatic rings. The highest BCUT2D eigenvalue weighted by molar-refractivity contribution is 6.03. The van der Waals surface area contributed by atoms with E-state index in [1.165, 1.54) is 4.90 Å². The zero-order valence-corrected chi connectivity index (χ0v) is 15.1. The van der Waals surface area contributed by atoms with Crippen molar-refractivity contribution in [1.82, 2.24) is 4.90 Å². The molecule has 1 atom stereocenters. The maximum absolute atomic E-state index is 12.7. The number of benzene rings is 2. The van der Waals surface area contributed by atoms with Crippen LogP contribution in [0.4, 0.5) is 0 Å². The van der Waals surface area contributed by atoms with Gasteiger partial charge in [-0.3, -0.25) is 14.5 Å². The van der Waals surface area contributed by atoms with Crippen LogP contribution >= 0.6 is 0 Å². The zero-order chi connectivity index (χ0) is 18.8. The van der Waals surface area contributed by atoms with Gasteiger partial charge >= 0.3 is 0 Å². The molecule has 0 saturated carbocycles. The van der Waals surface area contributed by atoms with Gasteiger partial charge in [-0.2, -0.15) is 0 Å². The molecular formula is C21H21NO5. The number of nitrogens with zero attached hydrogens (tertiary/aromatic N) is 1. The highest BCUT2D eigenvalue weighted by atomic mass is 16.7. The van der Waals surface area contributed by atoms with E-state index >= 15 is 0 Å². The molecule has 0 aromatic heterocycles. The zero-order valence-electron chi connectivity index (χ0n) is 15.1. The van der Waals surface area contributed by atoms with E-state index in [-0.39, 0.29) is 30.9 Å². The van der Waals surface area contributed by atoms with Crippen molar-refractivity contribution >= 4 is 11.8 Å². The van der Waals surface area contributed by atoms with E-state index in [1.54, 1.807) is 7.11 Å². The van der Waals surface area contributed by atoms with E-state index in [4.69, 9.17) is 14.2 Å². The molecule has 0 unspecified atom stereocenters. The van der Waals surface area contributed by atoms with Crippen LogP contribution in [-0.2, 0) is 22.4 Å². The summed E-state index contributed by atoms with van der Waals surface area (Å²) < 4.78 is 15.9. The van der Waals surface area contributed by atoms with E-state index in [2.05, 4.69) is 0 Å². The minimum absolute atomic E-state index is 0.0939. The molecule has 0 N–H and O–H groups in total. The summed E-state index contributed by atoms with van der Waals surface area (Å²) in [6.07, 6.45) is 1.40. The number of amides is 2. The standard InChI is InChI=1S/C21H21NO5/c1-25-17-4-2-3-15(10-17)9-16-12-20(23)22(21(16)24)8-7-14-5-6-18-19(11-14)27-13-26-18/h2-6,10-11,16H,7-9,12-13H2,1H3/t16-/m1/s1. The summed E-state index contributed by atoms with van der Waals surface area (Å²) in [5, 5.41) is 0. The quantitative estimate of drug-likeness (QED) is 0.735. The van der Waals surface area contributed by atoms with Crippen molar-refractivity contribution < 1.29 is 23.8 Å². The molecule has 2 amide bonds. The average Bonchev–Trinajstić information content (AvgIpc) is 3.25. The van der Waals surface area contributed by atoms with Gasteiger partial charge in [0.1, 0.15) is 5.75 Å². The molecule has 6 heteroatoms. The summed E-state index contributed by atoms with van der Waals surface area (Å²) in [6.45, 7) is 0.611. The van der Waals surface area contributed by atoms with Crippen LogP contribution in [0.15, 0.2) is 42.5 Å². The summed E-state index contributed by atoms with van der Waals surface area (Å²) in [7, 11) is 1.61. The second-order valence-electron chi connectivity index (χ2n) is 6.78. The summed E-state index contributed by atoms with van der Waals surface area (Å²) in [5.41, 5.74) is 2.01. The molecule has 27 heavy (non-hydrogen) atoms. The van der Waals surface area contributed by atoms with Gasteiger partial charge in [-0.1, -0.05) is 18.2 Å². The fourth-order valence-corrected chi connectivity index (χ4v) is 3.57. The molecule has 1 saturated heterocycles. The topological polar surface area (TPSA) is 65.1 Å². The van der Waals surface area contributed by atoms with Crippen LogP contribution in [0, 0.1) is 5.92 Å². The van der Waals surface area contributed by atoms with E-state index < -0.39 is 0 Å². The molecule has 2 aromatic carbocycles. The third-order valence-corrected chi connectivity index (χ3v) is 5.01. The third-order valence-electron chi connectivity index (χ3n) is 5.01. The average molecular weight is 367 g/mol. The number of likely N-dealkylation sites (tertiary alicyclic amines) is 1. The van der Waals surface area contributed by atoms with Crippen molar-refractivity contribution in [1.29, 1.82) is 0 Å². The molecule has 2 aliphatic heterocycles. The summed E-state index contributed by atoms with van der Waals surface area (Å²) >= 11 is 0. The number of fused-ring (bicyclic) bond motifs is 1. The monoisotopic (exact) mass is 367 g/mol. The van der Waals surface area contributed by atoms with Gasteiger partial charge in [0.25, 0.3) is 0 Å². The Balaban J connectivity index is 1.39. The van der Waals surface area contributed by atoms with E-state index in [0.717, 1.165) is 22.6 Å². The molecule has 140 valence electrons. The first-order valence-electron chi connectivity index (χ1n) is 8.99. The Kier molecular flexibility index (Phi) is 4.71. The van der Waals surface area contributed by atoms with Crippen LogP contribution in [-0.4, -0.2) is 37.2 Å². The van der Waals surface area contributed by atoms with Gasteiger partial charge in [-0.15, -0.1) is 0 Å². The lowest BCUT2D eigenvalue weighted by Gasteiger charge is -2.15. The second-order valence-corrected chi connectivity index (χ2v) is 6.78. The maximum atomic E-state index is 12.7. The predicted molar refractivity (Wildman–Crippen MR) is 97.8 cm³/mol. The smallest absolute Gasteiger partial charge is 0.233 e. The van der Waals surface area contributed by atoms with Crippen LogP contribution in [0.2, 0.25) is 0 Å². The third kappa shape index (κ3) is 3.60. The van der Waals surface area contributed by atoms with Crippen molar-refractivity contribution in [2.24, 2.45) is 5.92 Å². The fourth-order valence-electron chi connectivity index (χ4n) is 3.57. The highest BCUT2D eigenvalue weighted by Gasteiger charge is 2.38. The van der Waals surface area contributed by atoms with Gasteiger partial charge in [0.2, 0.25) is 18.6 Å². The minimum Gasteiger partial charge on any atom is -0.497 e. The second kappa shape index (κ2) is 7.31. The maximum Gasteiger partial charge on any atom is 0.233 e. The van der Waals surface area contributed by atoms with E-state index in [9.17, 15) is 9.59 Å². The molecule has 1 fully saturated rings. The summed E-state index contributed by atoms with van der Waals surface area (Å²) in [6, 6.07) is 13.3. The van der Waals surface area contributed by atoms with Gasteiger partial charge in [-0.25, -0.2) is 0 Å². The van der Waals surface area contributed by atoms with Gasteiger partial charge in [-0.05, 0) is 48.2 Å². The number of imide groups is 1. The van der Waals surface area contributed by atoms with Crippen LogP contribution in [0.25, 0.3) is 0 Å². The largest absolute Gasteiger partial charge is 0.497 e. The molecule has 2 aromatic rings. The molecule has 2 heterocycles. The molecule has 0 spiro atoms. The number of hydrogen-bond donors (Lipinski definition) is 0. The van der Waals surface area contributed by atoms with Gasteiger partial charge in [0, 0.05) is 13.0 Å². The Morgan fingerprint density at radius 1 is 1.07 bits per heavy atom. The number of hydrogen-bond acceptors (Lipinski definition) is 5. The number of carbonyl (C=O) groups excluding carboxylic acids is 2. The first-order valence-corrected chi connectivity index (χ1v) is 8.99. The highest BCUT2D eigenvalue weighted by Crippen LogP contribution is 2.33.